The highest BCUT2D eigenvalue weighted by Crippen LogP contribution is 2.10. The fraction of sp³-hybridized carbons (Fsp3) is 0.0833. The van der Waals surface area contributed by atoms with E-state index in [4.69, 9.17) is 0 Å². The standard InChI is InChI=1S/C12H11NO5/c14-8-17-6-5-12(16)13-7-10-1-3-11(4-2-10)18-9-15/h1-6,8-9H,7H2,(H,13,16). The summed E-state index contributed by atoms with van der Waals surface area (Å²) in [7, 11) is 0. The van der Waals surface area contributed by atoms with Gasteiger partial charge in [0, 0.05) is 12.6 Å². The average Bonchev–Trinajstić information content (AvgIpc) is 2.39. The molecule has 94 valence electrons. The zero-order valence-electron chi connectivity index (χ0n) is 9.37. The molecule has 1 aromatic carbocycles. The second kappa shape index (κ2) is 7.61. The summed E-state index contributed by atoms with van der Waals surface area (Å²) < 4.78 is 8.85. The van der Waals surface area contributed by atoms with Gasteiger partial charge in [-0.25, -0.2) is 0 Å². The molecular formula is C12H11NO5. The smallest absolute Gasteiger partial charge is 0.298 e. The van der Waals surface area contributed by atoms with Crippen LogP contribution in [-0.2, 0) is 25.7 Å². The van der Waals surface area contributed by atoms with E-state index in [9.17, 15) is 14.4 Å². The Morgan fingerprint density at radius 2 is 1.89 bits per heavy atom. The van der Waals surface area contributed by atoms with E-state index in [-0.39, 0.29) is 12.4 Å². The Bertz CT molecular complexity index is 438. The summed E-state index contributed by atoms with van der Waals surface area (Å²) in [5.74, 6) is 0.0458. The number of hydrogen-bond acceptors (Lipinski definition) is 5. The predicted molar refractivity (Wildman–Crippen MR) is 61.3 cm³/mol. The number of nitrogens with one attached hydrogen (secondary N) is 1. The Kier molecular flexibility index (Phi) is 5.68. The van der Waals surface area contributed by atoms with Crippen molar-refractivity contribution in [1.29, 1.82) is 0 Å². The normalized spacial score (nSPS) is 9.78. The summed E-state index contributed by atoms with van der Waals surface area (Å²) in [6.45, 7) is 0.871. The predicted octanol–water partition coefficient (Wildman–Crippen LogP) is 0.525. The van der Waals surface area contributed by atoms with E-state index in [2.05, 4.69) is 14.8 Å². The molecule has 0 atom stereocenters. The molecule has 0 aliphatic rings. The number of ether oxygens (including phenoxy) is 2. The van der Waals surface area contributed by atoms with Gasteiger partial charge in [-0.05, 0) is 17.7 Å². The van der Waals surface area contributed by atoms with Crippen LogP contribution in [0.5, 0.6) is 5.75 Å². The van der Waals surface area contributed by atoms with E-state index in [1.165, 1.54) is 0 Å². The molecule has 1 amide bonds. The summed E-state index contributed by atoms with van der Waals surface area (Å²) in [5.41, 5.74) is 0.839. The van der Waals surface area contributed by atoms with Gasteiger partial charge in [0.15, 0.2) is 0 Å². The maximum absolute atomic E-state index is 11.2. The molecule has 0 unspecified atom stereocenters. The fourth-order valence-electron chi connectivity index (χ4n) is 1.12. The maximum atomic E-state index is 11.2. The van der Waals surface area contributed by atoms with Crippen molar-refractivity contribution in [1.82, 2.24) is 5.32 Å². The van der Waals surface area contributed by atoms with Crippen LogP contribution < -0.4 is 10.1 Å². The number of rotatable bonds is 7. The molecular weight excluding hydrogens is 238 g/mol. The largest absolute Gasteiger partial charge is 0.437 e. The molecule has 0 heterocycles. The van der Waals surface area contributed by atoms with Crippen molar-refractivity contribution >= 4 is 18.9 Å². The lowest BCUT2D eigenvalue weighted by Gasteiger charge is -2.03. The number of hydrogen-bond donors (Lipinski definition) is 1. The van der Waals surface area contributed by atoms with Crippen LogP contribution in [0.25, 0.3) is 0 Å². The molecule has 1 aromatic rings. The molecule has 0 saturated carbocycles. The van der Waals surface area contributed by atoms with Crippen LogP contribution in [0.4, 0.5) is 0 Å². The lowest BCUT2D eigenvalue weighted by molar-refractivity contribution is -0.124. The maximum Gasteiger partial charge on any atom is 0.298 e. The topological polar surface area (TPSA) is 81.7 Å². The molecule has 18 heavy (non-hydrogen) atoms. The van der Waals surface area contributed by atoms with E-state index in [1.54, 1.807) is 24.3 Å². The molecule has 1 N–H and O–H groups in total. The van der Waals surface area contributed by atoms with Crippen LogP contribution in [0, 0.1) is 0 Å². The van der Waals surface area contributed by atoms with Crippen molar-refractivity contribution in [3.8, 4) is 5.75 Å². The number of benzene rings is 1. The molecule has 0 aliphatic carbocycles. The third-order valence-electron chi connectivity index (χ3n) is 1.93. The second-order valence-corrected chi connectivity index (χ2v) is 3.11. The quantitative estimate of drug-likeness (QED) is 0.433. The van der Waals surface area contributed by atoms with Gasteiger partial charge in [0.1, 0.15) is 5.75 Å². The summed E-state index contributed by atoms with van der Waals surface area (Å²) in [5, 5.41) is 2.58. The van der Waals surface area contributed by atoms with Gasteiger partial charge in [0.25, 0.3) is 12.9 Å². The Labute approximate surface area is 103 Å². The van der Waals surface area contributed by atoms with Crippen LogP contribution >= 0.6 is 0 Å². The van der Waals surface area contributed by atoms with Crippen molar-refractivity contribution in [3.63, 3.8) is 0 Å². The lowest BCUT2D eigenvalue weighted by atomic mass is 10.2. The van der Waals surface area contributed by atoms with Crippen LogP contribution in [-0.4, -0.2) is 18.9 Å². The van der Waals surface area contributed by atoms with Gasteiger partial charge in [0.2, 0.25) is 5.91 Å². The van der Waals surface area contributed by atoms with E-state index in [0.717, 1.165) is 17.9 Å². The highest BCUT2D eigenvalue weighted by atomic mass is 16.5. The van der Waals surface area contributed by atoms with Gasteiger partial charge < -0.3 is 14.8 Å². The Hall–Kier alpha value is -2.63. The number of amides is 1. The van der Waals surface area contributed by atoms with Crippen molar-refractivity contribution in [2.24, 2.45) is 0 Å². The minimum absolute atomic E-state index is 0.218. The van der Waals surface area contributed by atoms with Crippen molar-refractivity contribution in [2.45, 2.75) is 6.54 Å². The average molecular weight is 249 g/mol. The van der Waals surface area contributed by atoms with Gasteiger partial charge in [-0.2, -0.15) is 0 Å². The van der Waals surface area contributed by atoms with Gasteiger partial charge in [-0.3, -0.25) is 14.4 Å². The molecule has 6 heteroatoms. The minimum atomic E-state index is -0.384. The van der Waals surface area contributed by atoms with Gasteiger partial charge >= 0.3 is 0 Å². The number of carbonyl (C=O) groups is 3. The zero-order chi connectivity index (χ0) is 13.2. The fourth-order valence-corrected chi connectivity index (χ4v) is 1.12. The molecule has 0 bridgehead atoms. The first-order valence-electron chi connectivity index (χ1n) is 4.99. The molecule has 0 radical (unpaired) electrons. The molecule has 0 fully saturated rings. The third-order valence-corrected chi connectivity index (χ3v) is 1.93. The van der Waals surface area contributed by atoms with E-state index >= 15 is 0 Å². The zero-order valence-corrected chi connectivity index (χ0v) is 9.37. The number of carbonyl (C=O) groups excluding carboxylic acids is 3. The van der Waals surface area contributed by atoms with Crippen molar-refractivity contribution in [2.75, 3.05) is 0 Å². The van der Waals surface area contributed by atoms with E-state index < -0.39 is 0 Å². The van der Waals surface area contributed by atoms with Gasteiger partial charge in [0.05, 0.1) is 6.26 Å². The molecule has 0 saturated heterocycles. The summed E-state index contributed by atoms with van der Waals surface area (Å²) in [6.07, 6.45) is 2.08. The van der Waals surface area contributed by atoms with E-state index in [1.807, 2.05) is 0 Å². The van der Waals surface area contributed by atoms with Gasteiger partial charge in [-0.15, -0.1) is 0 Å². The first kappa shape index (κ1) is 13.4. The van der Waals surface area contributed by atoms with Crippen molar-refractivity contribution in [3.05, 3.63) is 42.2 Å². The van der Waals surface area contributed by atoms with Crippen molar-refractivity contribution < 1.29 is 23.9 Å². The monoisotopic (exact) mass is 249 g/mol. The van der Waals surface area contributed by atoms with Crippen LogP contribution in [0.1, 0.15) is 5.56 Å². The highest BCUT2D eigenvalue weighted by molar-refractivity contribution is 5.87. The molecule has 0 aromatic heterocycles. The summed E-state index contributed by atoms with van der Waals surface area (Å²) in [6, 6.07) is 6.65. The third kappa shape index (κ3) is 4.93. The lowest BCUT2D eigenvalue weighted by Crippen LogP contribution is -2.20. The van der Waals surface area contributed by atoms with Gasteiger partial charge in [-0.1, -0.05) is 12.1 Å². The molecule has 1 rings (SSSR count). The first-order chi connectivity index (χ1) is 8.76. The van der Waals surface area contributed by atoms with E-state index in [0.29, 0.717) is 18.8 Å². The van der Waals surface area contributed by atoms with Crippen LogP contribution in [0.2, 0.25) is 0 Å². The Morgan fingerprint density at radius 1 is 1.17 bits per heavy atom. The molecule has 0 aliphatic heterocycles. The highest BCUT2D eigenvalue weighted by Gasteiger charge is 1.98. The van der Waals surface area contributed by atoms with Crippen LogP contribution in [0.15, 0.2) is 36.6 Å². The first-order valence-corrected chi connectivity index (χ1v) is 4.99. The molecule has 0 spiro atoms. The Morgan fingerprint density at radius 3 is 2.50 bits per heavy atom. The minimum Gasteiger partial charge on any atom is -0.437 e. The summed E-state index contributed by atoms with van der Waals surface area (Å²) in [4.78, 5) is 31.1. The van der Waals surface area contributed by atoms with Crippen LogP contribution in [0.3, 0.4) is 0 Å². The molecule has 6 nitrogen and oxygen atoms in total. The Balaban J connectivity index is 2.41. The summed E-state index contributed by atoms with van der Waals surface area (Å²) >= 11 is 0. The SMILES string of the molecule is O=COC=CC(=O)NCc1ccc(OC=O)cc1. The second-order valence-electron chi connectivity index (χ2n) is 3.11.